The number of carboxylic acids is 2. The number of hydrogen-bond donors (Lipinski definition) is 2. The molecule has 2 atom stereocenters. The average Bonchev–Trinajstić information content (AvgIpc) is 2.95. The Balaban J connectivity index is 1.43. The lowest BCUT2D eigenvalue weighted by Gasteiger charge is -2.26. The summed E-state index contributed by atoms with van der Waals surface area (Å²) in [6.45, 7) is 8.07. The minimum atomic E-state index is -1.69. The zero-order chi connectivity index (χ0) is 28.3. The van der Waals surface area contributed by atoms with E-state index in [0.717, 1.165) is 26.2 Å². The molecule has 2 aliphatic heterocycles. The van der Waals surface area contributed by atoms with Crippen molar-refractivity contribution in [3.8, 4) is 11.5 Å². The number of carbonyl (C=O) groups excluding carboxylic acids is 1. The zero-order valence-corrected chi connectivity index (χ0v) is 22.4. The maximum Gasteiger partial charge on any atom is 0.318 e. The number of aliphatic carboxylic acids is 2. The lowest BCUT2D eigenvalue weighted by molar-refractivity contribution is -0.146. The Morgan fingerprint density at radius 1 is 0.700 bits per heavy atom. The molecule has 11 heteroatoms. The van der Waals surface area contributed by atoms with Crippen LogP contribution in [0.15, 0.2) is 48.5 Å². The van der Waals surface area contributed by atoms with Gasteiger partial charge in [0.1, 0.15) is 36.5 Å². The van der Waals surface area contributed by atoms with Crippen molar-refractivity contribution < 1.29 is 43.5 Å². The van der Waals surface area contributed by atoms with Crippen LogP contribution in [0.5, 0.6) is 11.5 Å². The van der Waals surface area contributed by atoms with Crippen molar-refractivity contribution in [1.82, 2.24) is 9.80 Å². The highest BCUT2D eigenvalue weighted by Gasteiger charge is 2.39. The maximum absolute atomic E-state index is 13.5. The van der Waals surface area contributed by atoms with E-state index in [1.54, 1.807) is 24.3 Å². The van der Waals surface area contributed by atoms with Gasteiger partial charge < -0.3 is 29.2 Å². The van der Waals surface area contributed by atoms with Gasteiger partial charge in [0.25, 0.3) is 0 Å². The summed E-state index contributed by atoms with van der Waals surface area (Å²) < 4.78 is 22.3. The topological polar surface area (TPSA) is 135 Å². The molecule has 216 valence electrons. The number of ketones is 1. The summed E-state index contributed by atoms with van der Waals surface area (Å²) in [4.78, 5) is 42.5. The third-order valence-corrected chi connectivity index (χ3v) is 7.01. The Hall–Kier alpha value is -3.51. The Bertz CT molecular complexity index is 1060. The van der Waals surface area contributed by atoms with Gasteiger partial charge in [-0.3, -0.25) is 24.2 Å². The maximum atomic E-state index is 13.5. The van der Waals surface area contributed by atoms with Crippen LogP contribution >= 0.6 is 0 Å². The molecule has 0 amide bonds. The molecule has 4 rings (SSSR count). The van der Waals surface area contributed by atoms with Gasteiger partial charge in [0, 0.05) is 39.3 Å². The molecule has 0 aromatic heterocycles. The first-order valence-corrected chi connectivity index (χ1v) is 13.5. The molecule has 2 N–H and O–H groups in total. The SMILES string of the molecule is O=C(O)C(C(=O)C(C(=O)O)c1cccc(OCCN2CCOCC2)c1)c1cccc(OCCN2CCOCC2)c1. The Morgan fingerprint density at radius 3 is 1.48 bits per heavy atom. The molecular formula is C29H36N2O9. The van der Waals surface area contributed by atoms with E-state index in [-0.39, 0.29) is 11.1 Å². The molecule has 40 heavy (non-hydrogen) atoms. The van der Waals surface area contributed by atoms with Crippen LogP contribution in [-0.2, 0) is 23.9 Å². The number of benzene rings is 2. The van der Waals surface area contributed by atoms with Crippen LogP contribution in [0.25, 0.3) is 0 Å². The van der Waals surface area contributed by atoms with Gasteiger partial charge in [0.15, 0.2) is 5.78 Å². The number of hydrogen-bond acceptors (Lipinski definition) is 9. The van der Waals surface area contributed by atoms with Crippen LogP contribution in [0.4, 0.5) is 0 Å². The minimum absolute atomic E-state index is 0.158. The highest BCUT2D eigenvalue weighted by molar-refractivity contribution is 6.14. The van der Waals surface area contributed by atoms with Gasteiger partial charge in [-0.15, -0.1) is 0 Å². The highest BCUT2D eigenvalue weighted by Crippen LogP contribution is 2.31. The number of carbonyl (C=O) groups is 3. The van der Waals surface area contributed by atoms with Crippen LogP contribution in [0.3, 0.4) is 0 Å². The van der Waals surface area contributed by atoms with Crippen molar-refractivity contribution >= 4 is 17.7 Å². The quantitative estimate of drug-likeness (QED) is 0.329. The molecule has 2 fully saturated rings. The Labute approximate surface area is 233 Å². The van der Waals surface area contributed by atoms with Gasteiger partial charge in [-0.25, -0.2) is 0 Å². The summed E-state index contributed by atoms with van der Waals surface area (Å²) in [7, 11) is 0. The first kappa shape index (κ1) is 29.5. The Morgan fingerprint density at radius 2 is 1.10 bits per heavy atom. The smallest absolute Gasteiger partial charge is 0.318 e. The molecule has 0 bridgehead atoms. The van der Waals surface area contributed by atoms with Crippen molar-refractivity contribution in [3.63, 3.8) is 0 Å². The van der Waals surface area contributed by atoms with Gasteiger partial charge in [-0.2, -0.15) is 0 Å². The molecule has 2 aromatic carbocycles. The van der Waals surface area contributed by atoms with E-state index in [2.05, 4.69) is 9.80 Å². The van der Waals surface area contributed by atoms with E-state index in [4.69, 9.17) is 18.9 Å². The lowest BCUT2D eigenvalue weighted by atomic mass is 9.83. The largest absolute Gasteiger partial charge is 0.492 e. The van der Waals surface area contributed by atoms with E-state index in [0.29, 0.717) is 64.2 Å². The number of rotatable bonds is 14. The van der Waals surface area contributed by atoms with Crippen LogP contribution < -0.4 is 9.47 Å². The Kier molecular flexibility index (Phi) is 10.9. The van der Waals surface area contributed by atoms with Crippen LogP contribution in [0, 0.1) is 0 Å². The molecule has 2 saturated heterocycles. The van der Waals surface area contributed by atoms with Crippen LogP contribution in [-0.4, -0.2) is 117 Å². The normalized spacial score (nSPS) is 18.0. The van der Waals surface area contributed by atoms with E-state index < -0.39 is 29.6 Å². The van der Waals surface area contributed by atoms with Gasteiger partial charge in [-0.1, -0.05) is 24.3 Å². The summed E-state index contributed by atoms with van der Waals surface area (Å²) in [5.41, 5.74) is 0.316. The number of morpholine rings is 2. The van der Waals surface area contributed by atoms with E-state index >= 15 is 0 Å². The second-order valence-electron chi connectivity index (χ2n) is 9.69. The molecule has 0 aliphatic carbocycles. The van der Waals surface area contributed by atoms with Crippen molar-refractivity contribution in [2.75, 3.05) is 78.9 Å². The summed E-state index contributed by atoms with van der Waals surface area (Å²) in [5.74, 6) is -6.36. The second-order valence-corrected chi connectivity index (χ2v) is 9.69. The average molecular weight is 557 g/mol. The molecule has 2 aromatic rings. The van der Waals surface area contributed by atoms with Crippen LogP contribution in [0.2, 0.25) is 0 Å². The lowest BCUT2D eigenvalue weighted by Crippen LogP contribution is -2.38. The summed E-state index contributed by atoms with van der Waals surface area (Å²) in [5, 5.41) is 20.0. The molecular weight excluding hydrogens is 520 g/mol. The standard InChI is InChI=1S/C29H36N2O9/c32-27(25(28(33)34)21-3-1-5-23(19-21)39-17-11-30-7-13-37-14-8-30)26(29(35)36)22-4-2-6-24(20-22)40-18-12-31-9-15-38-16-10-31/h1-6,19-20,25-26H,7-18H2,(H,33,34)(H,35,36). The molecule has 2 heterocycles. The van der Waals surface area contributed by atoms with Gasteiger partial charge in [0.05, 0.1) is 26.4 Å². The van der Waals surface area contributed by atoms with Crippen molar-refractivity contribution in [2.45, 2.75) is 11.8 Å². The first-order valence-electron chi connectivity index (χ1n) is 13.5. The molecule has 11 nitrogen and oxygen atoms in total. The molecule has 2 unspecified atom stereocenters. The molecule has 0 spiro atoms. The monoisotopic (exact) mass is 556 g/mol. The fourth-order valence-corrected chi connectivity index (χ4v) is 4.83. The number of ether oxygens (including phenoxy) is 4. The fraction of sp³-hybridized carbons (Fsp3) is 0.483. The minimum Gasteiger partial charge on any atom is -0.492 e. The van der Waals surface area contributed by atoms with Gasteiger partial charge in [-0.05, 0) is 35.4 Å². The summed E-state index contributed by atoms with van der Waals surface area (Å²) >= 11 is 0. The predicted molar refractivity (Wildman–Crippen MR) is 144 cm³/mol. The zero-order valence-electron chi connectivity index (χ0n) is 22.4. The second kappa shape index (κ2) is 14.8. The number of Topliss-reactive ketones (excluding diaryl/α,β-unsaturated/α-hetero) is 1. The van der Waals surface area contributed by atoms with Crippen molar-refractivity contribution in [2.24, 2.45) is 0 Å². The van der Waals surface area contributed by atoms with Gasteiger partial charge >= 0.3 is 11.9 Å². The number of carboxylic acid groups (broad SMARTS) is 2. The molecule has 2 aliphatic rings. The van der Waals surface area contributed by atoms with E-state index in [9.17, 15) is 24.6 Å². The summed E-state index contributed by atoms with van der Waals surface area (Å²) in [6.07, 6.45) is 0. The van der Waals surface area contributed by atoms with Crippen molar-refractivity contribution in [1.29, 1.82) is 0 Å². The van der Waals surface area contributed by atoms with Crippen molar-refractivity contribution in [3.05, 3.63) is 59.7 Å². The van der Waals surface area contributed by atoms with Gasteiger partial charge in [0.2, 0.25) is 0 Å². The van der Waals surface area contributed by atoms with E-state index in [1.807, 2.05) is 0 Å². The first-order chi connectivity index (χ1) is 19.4. The molecule has 0 radical (unpaired) electrons. The third-order valence-electron chi connectivity index (χ3n) is 7.01. The third kappa shape index (κ3) is 8.25. The van der Waals surface area contributed by atoms with Crippen LogP contribution in [0.1, 0.15) is 23.0 Å². The fourth-order valence-electron chi connectivity index (χ4n) is 4.83. The highest BCUT2D eigenvalue weighted by atomic mass is 16.5. The molecule has 0 saturated carbocycles. The number of nitrogens with zero attached hydrogens (tertiary/aromatic N) is 2. The summed E-state index contributed by atoms with van der Waals surface area (Å²) in [6, 6.07) is 12.5. The predicted octanol–water partition coefficient (Wildman–Crippen LogP) is 1.71. The van der Waals surface area contributed by atoms with E-state index in [1.165, 1.54) is 24.3 Å².